The van der Waals surface area contributed by atoms with Gasteiger partial charge in [0.05, 0.1) is 6.67 Å². The van der Waals surface area contributed by atoms with Crippen molar-refractivity contribution in [2.75, 3.05) is 20.8 Å². The smallest absolute Gasteiger partial charge is 0.101 e. The summed E-state index contributed by atoms with van der Waals surface area (Å²) in [6, 6.07) is 12.3. The summed E-state index contributed by atoms with van der Waals surface area (Å²) in [5, 5.41) is 0.943. The van der Waals surface area contributed by atoms with Crippen molar-refractivity contribution in [1.29, 1.82) is 0 Å². The fourth-order valence-electron chi connectivity index (χ4n) is 1.92. The van der Waals surface area contributed by atoms with Gasteiger partial charge < -0.3 is 4.90 Å². The number of aromatic nitrogens is 1. The molecule has 0 radical (unpaired) electrons. The van der Waals surface area contributed by atoms with Crippen LogP contribution in [0.1, 0.15) is 11.1 Å². The van der Waals surface area contributed by atoms with Crippen LogP contribution in [-0.4, -0.2) is 30.7 Å². The van der Waals surface area contributed by atoms with Crippen LogP contribution in [0.25, 0.3) is 0 Å². The standard InChI is InChI=1S/C16H19FN2S/c1-19(2)12-14-5-3-4-6-15(14)20-16-8-7-13(9-10-17)11-18-16/h3-8,11H,9-10,12H2,1-2H3/i1-1. The lowest BCUT2D eigenvalue weighted by Gasteiger charge is -2.13. The summed E-state index contributed by atoms with van der Waals surface area (Å²) >= 11 is 1.65. The van der Waals surface area contributed by atoms with E-state index in [1.54, 1.807) is 18.0 Å². The molecule has 4 heteroatoms. The molecule has 2 aromatic rings. The zero-order valence-corrected chi connectivity index (χ0v) is 12.7. The molecule has 0 saturated heterocycles. The van der Waals surface area contributed by atoms with Crippen molar-refractivity contribution >= 4 is 11.8 Å². The molecule has 2 rings (SSSR count). The fraction of sp³-hybridized carbons (Fsp3) is 0.312. The van der Waals surface area contributed by atoms with Crippen LogP contribution >= 0.6 is 11.8 Å². The van der Waals surface area contributed by atoms with Crippen molar-refractivity contribution in [2.45, 2.75) is 22.9 Å². The van der Waals surface area contributed by atoms with Crippen LogP contribution in [0.2, 0.25) is 0 Å². The Morgan fingerprint density at radius 2 is 1.95 bits per heavy atom. The summed E-state index contributed by atoms with van der Waals surface area (Å²) in [5.74, 6) is 0. The molecule has 0 unspecified atom stereocenters. The van der Waals surface area contributed by atoms with Gasteiger partial charge in [0.25, 0.3) is 0 Å². The average Bonchev–Trinajstić information content (AvgIpc) is 2.43. The summed E-state index contributed by atoms with van der Waals surface area (Å²) in [6.07, 6.45) is 2.20. The Hall–Kier alpha value is -1.39. The van der Waals surface area contributed by atoms with Gasteiger partial charge in [0.1, 0.15) is 5.03 Å². The normalized spacial score (nSPS) is 11.0. The van der Waals surface area contributed by atoms with Crippen molar-refractivity contribution in [3.63, 3.8) is 0 Å². The number of hydrogen-bond acceptors (Lipinski definition) is 3. The summed E-state index contributed by atoms with van der Waals surface area (Å²) in [7, 11) is 4.12. The van der Waals surface area contributed by atoms with Gasteiger partial charge in [-0.3, -0.25) is 4.39 Å². The maximum Gasteiger partial charge on any atom is 0.101 e. The van der Waals surface area contributed by atoms with E-state index in [1.165, 1.54) is 10.5 Å². The number of halogens is 1. The predicted molar refractivity (Wildman–Crippen MR) is 81.9 cm³/mol. The van der Waals surface area contributed by atoms with Gasteiger partial charge in [0.15, 0.2) is 0 Å². The molecule has 0 amide bonds. The number of hydrogen-bond donors (Lipinski definition) is 0. The lowest BCUT2D eigenvalue weighted by molar-refractivity contribution is 0.399. The molecular weight excluding hydrogens is 270 g/mol. The molecule has 0 bridgehead atoms. The second-order valence-corrected chi connectivity index (χ2v) is 5.95. The Kier molecular flexibility index (Phi) is 5.56. The molecule has 0 saturated carbocycles. The third kappa shape index (κ3) is 4.32. The summed E-state index contributed by atoms with van der Waals surface area (Å²) in [6.45, 7) is 0.572. The van der Waals surface area contributed by atoms with Gasteiger partial charge in [-0.2, -0.15) is 0 Å². The summed E-state index contributed by atoms with van der Waals surface area (Å²) in [4.78, 5) is 7.76. The maximum atomic E-state index is 12.3. The zero-order chi connectivity index (χ0) is 14.4. The predicted octanol–water partition coefficient (Wildman–Crippen LogP) is 3.81. The van der Waals surface area contributed by atoms with Crippen LogP contribution in [0.4, 0.5) is 4.39 Å². The minimum absolute atomic E-state index is 0.333. The third-order valence-electron chi connectivity index (χ3n) is 2.85. The molecule has 106 valence electrons. The van der Waals surface area contributed by atoms with Gasteiger partial charge in [-0.25, -0.2) is 4.98 Å². The van der Waals surface area contributed by atoms with E-state index < -0.39 is 0 Å². The first-order valence-electron chi connectivity index (χ1n) is 6.60. The Bertz CT molecular complexity index is 540. The van der Waals surface area contributed by atoms with Crippen LogP contribution in [-0.2, 0) is 13.0 Å². The molecule has 1 aromatic carbocycles. The molecule has 0 N–H and O–H groups in total. The highest BCUT2D eigenvalue weighted by Crippen LogP contribution is 2.29. The number of nitrogens with zero attached hydrogens (tertiary/aromatic N) is 2. The Morgan fingerprint density at radius 3 is 2.60 bits per heavy atom. The van der Waals surface area contributed by atoms with Gasteiger partial charge >= 0.3 is 0 Å². The van der Waals surface area contributed by atoms with Crippen LogP contribution in [0.3, 0.4) is 0 Å². The molecule has 0 fully saturated rings. The molecule has 0 spiro atoms. The van der Waals surface area contributed by atoms with Crippen LogP contribution in [0.15, 0.2) is 52.5 Å². The van der Waals surface area contributed by atoms with E-state index >= 15 is 0 Å². The van der Waals surface area contributed by atoms with Crippen LogP contribution in [0.5, 0.6) is 0 Å². The van der Waals surface area contributed by atoms with Gasteiger partial charge in [-0.15, -0.1) is 0 Å². The highest BCUT2D eigenvalue weighted by atomic mass is 32.2. The zero-order valence-electron chi connectivity index (χ0n) is 11.8. The number of benzene rings is 1. The van der Waals surface area contributed by atoms with Gasteiger partial charge in [0.2, 0.25) is 0 Å². The highest BCUT2D eigenvalue weighted by molar-refractivity contribution is 7.99. The number of pyridine rings is 1. The summed E-state index contributed by atoms with van der Waals surface area (Å²) in [5.41, 5.74) is 2.23. The molecule has 1 heterocycles. The topological polar surface area (TPSA) is 16.1 Å². The number of rotatable bonds is 6. The largest absolute Gasteiger partial charge is 0.305 e. The summed E-state index contributed by atoms with van der Waals surface area (Å²) < 4.78 is 12.3. The minimum atomic E-state index is -0.333. The quantitative estimate of drug-likeness (QED) is 0.804. The van der Waals surface area contributed by atoms with Crippen molar-refractivity contribution in [3.05, 3.63) is 53.7 Å². The Balaban J connectivity index is 2.13. The lowest BCUT2D eigenvalue weighted by atomic mass is 10.2. The Morgan fingerprint density at radius 1 is 1.15 bits per heavy atom. The van der Waals surface area contributed by atoms with E-state index in [9.17, 15) is 4.39 Å². The second-order valence-electron chi connectivity index (χ2n) is 4.89. The van der Waals surface area contributed by atoms with Crippen molar-refractivity contribution in [3.8, 4) is 0 Å². The van der Waals surface area contributed by atoms with Crippen LogP contribution < -0.4 is 0 Å². The SMILES string of the molecule is CN([11CH3])Cc1ccccc1Sc1ccc(CCF)cn1. The fourth-order valence-corrected chi connectivity index (χ4v) is 2.79. The first kappa shape index (κ1) is 15.0. The van der Waals surface area contributed by atoms with E-state index in [0.29, 0.717) is 6.42 Å². The molecular formula is C16H19FN2S. The monoisotopic (exact) mass is 289 g/mol. The molecule has 2 nitrogen and oxygen atoms in total. The third-order valence-corrected chi connectivity index (χ3v) is 3.92. The highest BCUT2D eigenvalue weighted by Gasteiger charge is 2.06. The van der Waals surface area contributed by atoms with E-state index in [0.717, 1.165) is 17.1 Å². The van der Waals surface area contributed by atoms with Crippen molar-refractivity contribution in [1.82, 2.24) is 9.88 Å². The Labute approximate surface area is 124 Å². The number of aryl methyl sites for hydroxylation is 1. The lowest BCUT2D eigenvalue weighted by Crippen LogP contribution is -2.11. The van der Waals surface area contributed by atoms with E-state index in [2.05, 4.69) is 42.2 Å². The first-order chi connectivity index (χ1) is 9.69. The van der Waals surface area contributed by atoms with Gasteiger partial charge in [0, 0.05) is 24.1 Å². The van der Waals surface area contributed by atoms with Crippen molar-refractivity contribution < 1.29 is 4.39 Å². The van der Waals surface area contributed by atoms with E-state index in [-0.39, 0.29) is 6.67 Å². The van der Waals surface area contributed by atoms with E-state index in [1.807, 2.05) is 18.2 Å². The average molecular weight is 289 g/mol. The second kappa shape index (κ2) is 7.41. The molecule has 1 aromatic heterocycles. The first-order valence-corrected chi connectivity index (χ1v) is 7.42. The maximum absolute atomic E-state index is 12.3. The minimum Gasteiger partial charge on any atom is -0.305 e. The molecule has 20 heavy (non-hydrogen) atoms. The molecule has 0 aliphatic rings. The van der Waals surface area contributed by atoms with Gasteiger partial charge in [-0.1, -0.05) is 36.0 Å². The van der Waals surface area contributed by atoms with Crippen molar-refractivity contribution in [2.24, 2.45) is 0 Å². The molecule has 0 atom stereocenters. The molecule has 0 aliphatic carbocycles. The van der Waals surface area contributed by atoms with Crippen LogP contribution in [0, 0.1) is 0 Å². The van der Waals surface area contributed by atoms with Gasteiger partial charge in [-0.05, 0) is 37.4 Å². The molecule has 0 aliphatic heterocycles. The number of alkyl halides is 1. The van der Waals surface area contributed by atoms with E-state index in [4.69, 9.17) is 0 Å².